The van der Waals surface area contributed by atoms with Crippen LogP contribution < -0.4 is 5.73 Å². The second-order valence-electron chi connectivity index (χ2n) is 3.14. The zero-order valence-corrected chi connectivity index (χ0v) is 8.99. The average Bonchev–Trinajstić information content (AvgIpc) is 2.61. The van der Waals surface area contributed by atoms with Crippen LogP contribution in [0.1, 0.15) is 25.2 Å². The molecule has 0 saturated heterocycles. The molecule has 1 heterocycles. The molecule has 0 aliphatic carbocycles. The van der Waals surface area contributed by atoms with Gasteiger partial charge in [0.1, 0.15) is 0 Å². The standard InChI is InChI=1S/C10H19N3O/c1-3-9-7-10(8-14-6-5-11)13(4-2)12-9/h7H,3-6,8,11H2,1-2H3. The molecule has 1 aromatic heterocycles. The van der Waals surface area contributed by atoms with Gasteiger partial charge in [-0.05, 0) is 19.4 Å². The number of hydrogen-bond acceptors (Lipinski definition) is 3. The van der Waals surface area contributed by atoms with Crippen LogP contribution in [0, 0.1) is 0 Å². The van der Waals surface area contributed by atoms with Crippen LogP contribution in [0.5, 0.6) is 0 Å². The highest BCUT2D eigenvalue weighted by atomic mass is 16.5. The second kappa shape index (κ2) is 5.78. The largest absolute Gasteiger partial charge is 0.374 e. The van der Waals surface area contributed by atoms with Gasteiger partial charge in [0.05, 0.1) is 24.6 Å². The molecule has 1 aromatic rings. The lowest BCUT2D eigenvalue weighted by Crippen LogP contribution is -2.10. The number of rotatable bonds is 6. The summed E-state index contributed by atoms with van der Waals surface area (Å²) in [5.41, 5.74) is 7.61. The summed E-state index contributed by atoms with van der Waals surface area (Å²) in [6.07, 6.45) is 0.969. The van der Waals surface area contributed by atoms with Gasteiger partial charge in [-0.1, -0.05) is 6.92 Å². The van der Waals surface area contributed by atoms with Gasteiger partial charge in [0.25, 0.3) is 0 Å². The van der Waals surface area contributed by atoms with Crippen molar-refractivity contribution >= 4 is 0 Å². The van der Waals surface area contributed by atoms with E-state index in [2.05, 4.69) is 25.0 Å². The molecule has 0 unspecified atom stereocenters. The van der Waals surface area contributed by atoms with Gasteiger partial charge in [-0.3, -0.25) is 4.68 Å². The summed E-state index contributed by atoms with van der Waals surface area (Å²) < 4.78 is 7.36. The summed E-state index contributed by atoms with van der Waals surface area (Å²) in [6.45, 7) is 6.86. The lowest BCUT2D eigenvalue weighted by atomic mass is 10.3. The first-order valence-electron chi connectivity index (χ1n) is 5.15. The first kappa shape index (κ1) is 11.2. The number of aryl methyl sites for hydroxylation is 2. The monoisotopic (exact) mass is 197 g/mol. The minimum Gasteiger partial charge on any atom is -0.374 e. The van der Waals surface area contributed by atoms with Crippen LogP contribution in [0.15, 0.2) is 6.07 Å². The maximum absolute atomic E-state index is 5.38. The number of nitrogens with zero attached hydrogens (tertiary/aromatic N) is 2. The van der Waals surface area contributed by atoms with Gasteiger partial charge in [-0.2, -0.15) is 5.10 Å². The minimum atomic E-state index is 0.570. The normalized spacial score (nSPS) is 10.8. The molecule has 0 aromatic carbocycles. The van der Waals surface area contributed by atoms with E-state index in [-0.39, 0.29) is 0 Å². The molecule has 4 nitrogen and oxygen atoms in total. The van der Waals surface area contributed by atoms with Crippen molar-refractivity contribution in [2.45, 2.75) is 33.4 Å². The van der Waals surface area contributed by atoms with Gasteiger partial charge < -0.3 is 10.5 Å². The third kappa shape index (κ3) is 2.82. The molecule has 1 rings (SSSR count). The summed E-state index contributed by atoms with van der Waals surface area (Å²) in [5, 5.41) is 4.43. The molecule has 4 heteroatoms. The van der Waals surface area contributed by atoms with Gasteiger partial charge in [-0.15, -0.1) is 0 Å². The first-order valence-corrected chi connectivity index (χ1v) is 5.15. The van der Waals surface area contributed by atoms with E-state index in [0.29, 0.717) is 19.8 Å². The van der Waals surface area contributed by atoms with E-state index in [9.17, 15) is 0 Å². The fraction of sp³-hybridized carbons (Fsp3) is 0.700. The van der Waals surface area contributed by atoms with Crippen LogP contribution in [-0.2, 0) is 24.3 Å². The topological polar surface area (TPSA) is 53.1 Å². The van der Waals surface area contributed by atoms with Gasteiger partial charge in [0.2, 0.25) is 0 Å². The molecular weight excluding hydrogens is 178 g/mol. The third-order valence-corrected chi connectivity index (χ3v) is 2.09. The van der Waals surface area contributed by atoms with Crippen molar-refractivity contribution in [1.82, 2.24) is 9.78 Å². The van der Waals surface area contributed by atoms with Crippen LogP contribution in [0.2, 0.25) is 0 Å². The number of ether oxygens (including phenoxy) is 1. The molecule has 0 atom stereocenters. The van der Waals surface area contributed by atoms with Crippen molar-refractivity contribution in [3.8, 4) is 0 Å². The highest BCUT2D eigenvalue weighted by Crippen LogP contribution is 2.06. The van der Waals surface area contributed by atoms with Crippen LogP contribution in [0.25, 0.3) is 0 Å². The Morgan fingerprint density at radius 2 is 2.29 bits per heavy atom. The molecule has 0 spiro atoms. The minimum absolute atomic E-state index is 0.570. The van der Waals surface area contributed by atoms with Gasteiger partial charge in [0, 0.05) is 13.1 Å². The van der Waals surface area contributed by atoms with Crippen LogP contribution in [0.4, 0.5) is 0 Å². The molecule has 0 bridgehead atoms. The number of hydrogen-bond donors (Lipinski definition) is 1. The van der Waals surface area contributed by atoms with E-state index >= 15 is 0 Å². The first-order chi connectivity index (χ1) is 6.81. The molecule has 0 fully saturated rings. The van der Waals surface area contributed by atoms with Crippen molar-refractivity contribution in [1.29, 1.82) is 0 Å². The predicted molar refractivity (Wildman–Crippen MR) is 56.0 cm³/mol. The molecule has 2 N–H and O–H groups in total. The molecule has 0 aliphatic rings. The smallest absolute Gasteiger partial charge is 0.0885 e. The van der Waals surface area contributed by atoms with Crippen molar-refractivity contribution in [2.24, 2.45) is 5.73 Å². The zero-order chi connectivity index (χ0) is 10.4. The van der Waals surface area contributed by atoms with E-state index in [1.54, 1.807) is 0 Å². The van der Waals surface area contributed by atoms with Crippen LogP contribution in [-0.4, -0.2) is 22.9 Å². The molecular formula is C10H19N3O. The summed E-state index contributed by atoms with van der Waals surface area (Å²) in [5.74, 6) is 0. The van der Waals surface area contributed by atoms with Crippen LogP contribution in [0.3, 0.4) is 0 Å². The second-order valence-corrected chi connectivity index (χ2v) is 3.14. The third-order valence-electron chi connectivity index (χ3n) is 2.09. The Hall–Kier alpha value is -0.870. The lowest BCUT2D eigenvalue weighted by molar-refractivity contribution is 0.122. The Morgan fingerprint density at radius 1 is 1.50 bits per heavy atom. The Labute approximate surface area is 85.0 Å². The summed E-state index contributed by atoms with van der Waals surface area (Å²) in [4.78, 5) is 0. The Balaban J connectivity index is 2.59. The molecule has 14 heavy (non-hydrogen) atoms. The predicted octanol–water partition coefficient (Wildman–Crippen LogP) is 0.941. The summed E-state index contributed by atoms with van der Waals surface area (Å²) >= 11 is 0. The molecule has 80 valence electrons. The number of nitrogens with two attached hydrogens (primary N) is 1. The van der Waals surface area contributed by atoms with Crippen molar-refractivity contribution in [3.63, 3.8) is 0 Å². The zero-order valence-electron chi connectivity index (χ0n) is 8.99. The van der Waals surface area contributed by atoms with Crippen molar-refractivity contribution < 1.29 is 4.74 Å². The Morgan fingerprint density at radius 3 is 2.86 bits per heavy atom. The van der Waals surface area contributed by atoms with E-state index in [0.717, 1.165) is 24.4 Å². The Bertz CT molecular complexity index is 270. The molecule has 0 radical (unpaired) electrons. The van der Waals surface area contributed by atoms with Gasteiger partial charge in [-0.25, -0.2) is 0 Å². The maximum atomic E-state index is 5.38. The number of aromatic nitrogens is 2. The fourth-order valence-electron chi connectivity index (χ4n) is 1.34. The van der Waals surface area contributed by atoms with E-state index in [4.69, 9.17) is 10.5 Å². The quantitative estimate of drug-likeness (QED) is 0.690. The van der Waals surface area contributed by atoms with Crippen molar-refractivity contribution in [3.05, 3.63) is 17.5 Å². The van der Waals surface area contributed by atoms with Crippen LogP contribution >= 0.6 is 0 Å². The Kier molecular flexibility index (Phi) is 4.62. The maximum Gasteiger partial charge on any atom is 0.0885 e. The van der Waals surface area contributed by atoms with E-state index < -0.39 is 0 Å². The van der Waals surface area contributed by atoms with Gasteiger partial charge in [0.15, 0.2) is 0 Å². The van der Waals surface area contributed by atoms with E-state index in [1.165, 1.54) is 0 Å². The highest BCUT2D eigenvalue weighted by molar-refractivity contribution is 5.09. The summed E-state index contributed by atoms with van der Waals surface area (Å²) in [6, 6.07) is 2.10. The SMILES string of the molecule is CCc1cc(COCCN)n(CC)n1. The van der Waals surface area contributed by atoms with E-state index in [1.807, 2.05) is 4.68 Å². The summed E-state index contributed by atoms with van der Waals surface area (Å²) in [7, 11) is 0. The molecule has 0 aliphatic heterocycles. The average molecular weight is 197 g/mol. The fourth-order valence-corrected chi connectivity index (χ4v) is 1.34. The highest BCUT2D eigenvalue weighted by Gasteiger charge is 2.04. The molecule has 0 amide bonds. The lowest BCUT2D eigenvalue weighted by Gasteiger charge is -2.04. The molecule has 0 saturated carbocycles. The van der Waals surface area contributed by atoms with Gasteiger partial charge >= 0.3 is 0 Å². The van der Waals surface area contributed by atoms with Crippen molar-refractivity contribution in [2.75, 3.05) is 13.2 Å².